The van der Waals surface area contributed by atoms with E-state index in [-0.39, 0.29) is 0 Å². The van der Waals surface area contributed by atoms with Crippen LogP contribution in [0.25, 0.3) is 0 Å². The molecule has 0 bridgehead atoms. The highest BCUT2D eigenvalue weighted by Crippen LogP contribution is 2.57. The van der Waals surface area contributed by atoms with Crippen LogP contribution in [0.2, 0.25) is 0 Å². The number of carbonyl (C=O) groups excluding carboxylic acids is 1. The summed E-state index contributed by atoms with van der Waals surface area (Å²) >= 11 is 0. The Kier molecular flexibility index (Phi) is 1.97. The standard InChI is InChI=1S/C13H20O/c14-12-5-2-6-13(9-12)7-10-3-1-4-11(10)8-13/h10-11H,1-9H2/t10-,11-/m1/s1. The van der Waals surface area contributed by atoms with Gasteiger partial charge in [0.25, 0.3) is 0 Å². The number of hydrogen-bond acceptors (Lipinski definition) is 1. The molecule has 14 heavy (non-hydrogen) atoms. The summed E-state index contributed by atoms with van der Waals surface area (Å²) in [5.41, 5.74) is 0.491. The second-order valence-electron chi connectivity index (χ2n) is 5.93. The minimum Gasteiger partial charge on any atom is -0.300 e. The third-order valence-corrected chi connectivity index (χ3v) is 4.94. The molecule has 0 aliphatic heterocycles. The Hall–Kier alpha value is -0.330. The molecule has 3 aliphatic carbocycles. The number of carbonyl (C=O) groups is 1. The van der Waals surface area contributed by atoms with Gasteiger partial charge in [0, 0.05) is 12.8 Å². The summed E-state index contributed by atoms with van der Waals surface area (Å²) in [6.45, 7) is 0. The number of fused-ring (bicyclic) bond motifs is 1. The van der Waals surface area contributed by atoms with E-state index in [1.807, 2.05) is 0 Å². The van der Waals surface area contributed by atoms with Crippen LogP contribution in [0.15, 0.2) is 0 Å². The Bertz CT molecular complexity index is 244. The molecule has 0 aromatic rings. The first-order valence-corrected chi connectivity index (χ1v) is 6.29. The highest BCUT2D eigenvalue weighted by Gasteiger charge is 2.48. The number of rotatable bonds is 0. The van der Waals surface area contributed by atoms with Gasteiger partial charge in [-0.05, 0) is 42.9 Å². The van der Waals surface area contributed by atoms with E-state index < -0.39 is 0 Å². The average Bonchev–Trinajstić information content (AvgIpc) is 2.62. The molecule has 3 saturated carbocycles. The molecule has 0 aromatic carbocycles. The van der Waals surface area contributed by atoms with Gasteiger partial charge in [0.15, 0.2) is 0 Å². The van der Waals surface area contributed by atoms with Crippen LogP contribution in [0, 0.1) is 17.3 Å². The van der Waals surface area contributed by atoms with Crippen LogP contribution in [-0.4, -0.2) is 5.78 Å². The fraction of sp³-hybridized carbons (Fsp3) is 0.923. The van der Waals surface area contributed by atoms with Crippen LogP contribution in [0.5, 0.6) is 0 Å². The van der Waals surface area contributed by atoms with Crippen molar-refractivity contribution in [2.24, 2.45) is 17.3 Å². The van der Waals surface area contributed by atoms with Gasteiger partial charge in [-0.25, -0.2) is 0 Å². The van der Waals surface area contributed by atoms with E-state index in [1.54, 1.807) is 0 Å². The molecular formula is C13H20O. The molecule has 0 radical (unpaired) electrons. The summed E-state index contributed by atoms with van der Waals surface area (Å²) in [7, 11) is 0. The van der Waals surface area contributed by atoms with Gasteiger partial charge in [-0.1, -0.05) is 19.3 Å². The molecule has 1 heteroatoms. The number of ketones is 1. The molecule has 1 nitrogen and oxygen atoms in total. The van der Waals surface area contributed by atoms with Gasteiger partial charge < -0.3 is 0 Å². The van der Waals surface area contributed by atoms with Gasteiger partial charge in [-0.3, -0.25) is 4.79 Å². The monoisotopic (exact) mass is 192 g/mol. The SMILES string of the molecule is O=C1CCCC2(C1)C[C@H]1CCC[C@@H]1C2. The van der Waals surface area contributed by atoms with Crippen molar-refractivity contribution in [1.82, 2.24) is 0 Å². The van der Waals surface area contributed by atoms with Gasteiger partial charge in [-0.2, -0.15) is 0 Å². The van der Waals surface area contributed by atoms with E-state index in [0.29, 0.717) is 11.2 Å². The van der Waals surface area contributed by atoms with Crippen molar-refractivity contribution in [1.29, 1.82) is 0 Å². The van der Waals surface area contributed by atoms with E-state index in [1.165, 1.54) is 44.9 Å². The van der Waals surface area contributed by atoms with Crippen LogP contribution in [-0.2, 0) is 4.79 Å². The second-order valence-corrected chi connectivity index (χ2v) is 5.93. The lowest BCUT2D eigenvalue weighted by atomic mass is 9.71. The summed E-state index contributed by atoms with van der Waals surface area (Å²) in [5.74, 6) is 2.55. The van der Waals surface area contributed by atoms with Gasteiger partial charge in [0.2, 0.25) is 0 Å². The van der Waals surface area contributed by atoms with Crippen LogP contribution in [0.1, 0.15) is 57.8 Å². The summed E-state index contributed by atoms with van der Waals surface area (Å²) in [6.07, 6.45) is 11.5. The fourth-order valence-electron chi connectivity index (χ4n) is 4.45. The zero-order chi connectivity index (χ0) is 9.60. The molecule has 78 valence electrons. The smallest absolute Gasteiger partial charge is 0.133 e. The molecule has 2 atom stereocenters. The molecule has 1 spiro atoms. The molecule has 3 aliphatic rings. The Morgan fingerprint density at radius 3 is 2.43 bits per heavy atom. The van der Waals surface area contributed by atoms with Crippen LogP contribution in [0.4, 0.5) is 0 Å². The van der Waals surface area contributed by atoms with E-state index in [9.17, 15) is 4.79 Å². The number of hydrogen-bond donors (Lipinski definition) is 0. The Balaban J connectivity index is 1.76. The summed E-state index contributed by atoms with van der Waals surface area (Å²) < 4.78 is 0. The maximum Gasteiger partial charge on any atom is 0.133 e. The first-order chi connectivity index (χ1) is 6.77. The zero-order valence-corrected chi connectivity index (χ0v) is 8.93. The molecule has 0 unspecified atom stereocenters. The Labute approximate surface area is 86.3 Å². The Morgan fingerprint density at radius 2 is 1.79 bits per heavy atom. The topological polar surface area (TPSA) is 17.1 Å². The summed E-state index contributed by atoms with van der Waals surface area (Å²) in [4.78, 5) is 11.5. The lowest BCUT2D eigenvalue weighted by molar-refractivity contribution is -0.123. The molecule has 3 fully saturated rings. The molecule has 0 amide bonds. The average molecular weight is 192 g/mol. The second kappa shape index (κ2) is 3.08. The fourth-order valence-corrected chi connectivity index (χ4v) is 4.45. The number of Topliss-reactive ketones (excluding diaryl/α,β-unsaturated/α-hetero) is 1. The summed E-state index contributed by atoms with van der Waals surface area (Å²) in [6, 6.07) is 0. The highest BCUT2D eigenvalue weighted by molar-refractivity contribution is 5.79. The first-order valence-electron chi connectivity index (χ1n) is 6.29. The Morgan fingerprint density at radius 1 is 1.07 bits per heavy atom. The molecule has 3 rings (SSSR count). The summed E-state index contributed by atoms with van der Waals surface area (Å²) in [5, 5.41) is 0. The normalized spacial score (nSPS) is 40.4. The third-order valence-electron chi connectivity index (χ3n) is 4.94. The van der Waals surface area contributed by atoms with Gasteiger partial charge >= 0.3 is 0 Å². The quantitative estimate of drug-likeness (QED) is 0.575. The van der Waals surface area contributed by atoms with Gasteiger partial charge in [0.05, 0.1) is 0 Å². The van der Waals surface area contributed by atoms with Crippen LogP contribution in [0.3, 0.4) is 0 Å². The predicted molar refractivity (Wildman–Crippen MR) is 56.0 cm³/mol. The lowest BCUT2D eigenvalue weighted by Crippen LogP contribution is -2.26. The van der Waals surface area contributed by atoms with Crippen molar-refractivity contribution >= 4 is 5.78 Å². The maximum atomic E-state index is 11.5. The van der Waals surface area contributed by atoms with E-state index in [2.05, 4.69) is 0 Å². The predicted octanol–water partition coefficient (Wildman–Crippen LogP) is 3.33. The molecule has 0 aromatic heterocycles. The minimum absolute atomic E-state index is 0.491. The largest absolute Gasteiger partial charge is 0.300 e. The van der Waals surface area contributed by atoms with Crippen LogP contribution >= 0.6 is 0 Å². The lowest BCUT2D eigenvalue weighted by Gasteiger charge is -2.33. The van der Waals surface area contributed by atoms with Crippen molar-refractivity contribution in [3.8, 4) is 0 Å². The molecule has 0 saturated heterocycles. The molecule has 0 heterocycles. The van der Waals surface area contributed by atoms with Crippen molar-refractivity contribution in [2.45, 2.75) is 57.8 Å². The van der Waals surface area contributed by atoms with Crippen molar-refractivity contribution in [3.63, 3.8) is 0 Å². The van der Waals surface area contributed by atoms with Crippen LogP contribution < -0.4 is 0 Å². The van der Waals surface area contributed by atoms with Gasteiger partial charge in [0.1, 0.15) is 5.78 Å². The van der Waals surface area contributed by atoms with Crippen molar-refractivity contribution in [3.05, 3.63) is 0 Å². The maximum absolute atomic E-state index is 11.5. The van der Waals surface area contributed by atoms with Gasteiger partial charge in [-0.15, -0.1) is 0 Å². The van der Waals surface area contributed by atoms with E-state index in [0.717, 1.165) is 24.7 Å². The zero-order valence-electron chi connectivity index (χ0n) is 8.93. The highest BCUT2D eigenvalue weighted by atomic mass is 16.1. The molecular weight excluding hydrogens is 172 g/mol. The van der Waals surface area contributed by atoms with Crippen molar-refractivity contribution in [2.75, 3.05) is 0 Å². The van der Waals surface area contributed by atoms with E-state index in [4.69, 9.17) is 0 Å². The minimum atomic E-state index is 0.491. The molecule has 0 N–H and O–H groups in total. The third kappa shape index (κ3) is 1.32. The van der Waals surface area contributed by atoms with E-state index >= 15 is 0 Å². The van der Waals surface area contributed by atoms with Crippen molar-refractivity contribution < 1.29 is 4.79 Å². The first kappa shape index (κ1) is 8.94.